The average molecular weight is 448 g/mol. The van der Waals surface area contributed by atoms with Crippen LogP contribution in [-0.2, 0) is 14.4 Å². The first-order chi connectivity index (χ1) is 15.9. The summed E-state index contributed by atoms with van der Waals surface area (Å²) in [6.07, 6.45) is 5.25. The number of imidazole rings is 1. The Morgan fingerprint density at radius 1 is 1.09 bits per heavy atom. The Balaban J connectivity index is 1.37. The van der Waals surface area contributed by atoms with Crippen molar-refractivity contribution in [3.05, 3.63) is 54.0 Å². The molecule has 2 fully saturated rings. The first-order valence-electron chi connectivity index (χ1n) is 11.3. The van der Waals surface area contributed by atoms with Crippen LogP contribution >= 0.6 is 0 Å². The molecule has 1 N–H and O–H groups in total. The molecule has 33 heavy (non-hydrogen) atoms. The van der Waals surface area contributed by atoms with Crippen molar-refractivity contribution in [2.75, 3.05) is 11.9 Å². The Bertz CT molecular complexity index is 1230. The smallest absolute Gasteiger partial charge is 0.233 e. The number of pyridine rings is 1. The zero-order chi connectivity index (χ0) is 23.1. The van der Waals surface area contributed by atoms with Crippen molar-refractivity contribution < 1.29 is 18.8 Å². The zero-order valence-electron chi connectivity index (χ0n) is 18.4. The maximum absolute atomic E-state index is 13.4. The lowest BCUT2D eigenvalue weighted by molar-refractivity contribution is -0.140. The van der Waals surface area contributed by atoms with Crippen molar-refractivity contribution in [3.8, 4) is 11.3 Å². The number of carbonyl (C=O) groups excluding carboxylic acids is 3. The lowest BCUT2D eigenvalue weighted by atomic mass is 9.81. The van der Waals surface area contributed by atoms with Crippen LogP contribution in [0.25, 0.3) is 16.9 Å². The number of imide groups is 1. The molecule has 7 nitrogen and oxygen atoms in total. The molecule has 0 spiro atoms. The molecule has 1 aliphatic carbocycles. The number of anilines is 1. The first kappa shape index (κ1) is 21.3. The molecule has 3 aromatic rings. The molecule has 3 amide bonds. The van der Waals surface area contributed by atoms with Crippen LogP contribution in [0.2, 0.25) is 0 Å². The summed E-state index contributed by atoms with van der Waals surface area (Å²) in [6, 6.07) is 9.72. The summed E-state index contributed by atoms with van der Waals surface area (Å²) < 4.78 is 15.2. The number of aromatic nitrogens is 2. The highest BCUT2D eigenvalue weighted by molar-refractivity contribution is 6.05. The van der Waals surface area contributed by atoms with Gasteiger partial charge in [0.25, 0.3) is 0 Å². The normalized spacial score (nSPS) is 20.4. The van der Waals surface area contributed by atoms with E-state index in [1.54, 1.807) is 16.5 Å². The molecule has 5 rings (SSSR count). The molecule has 8 heteroatoms. The molecule has 0 bridgehead atoms. The van der Waals surface area contributed by atoms with Gasteiger partial charge in [-0.15, -0.1) is 0 Å². The van der Waals surface area contributed by atoms with E-state index in [4.69, 9.17) is 0 Å². The number of rotatable bonds is 5. The molecule has 2 aliphatic rings. The summed E-state index contributed by atoms with van der Waals surface area (Å²) in [5.41, 5.74) is 2.86. The fourth-order valence-electron chi connectivity index (χ4n) is 4.93. The minimum Gasteiger partial charge on any atom is -0.310 e. The Kier molecular flexibility index (Phi) is 5.44. The zero-order valence-corrected chi connectivity index (χ0v) is 18.4. The van der Waals surface area contributed by atoms with Gasteiger partial charge < -0.3 is 5.32 Å². The summed E-state index contributed by atoms with van der Waals surface area (Å²) >= 11 is 0. The molecule has 1 saturated heterocycles. The highest BCUT2D eigenvalue weighted by atomic mass is 19.1. The van der Waals surface area contributed by atoms with E-state index < -0.39 is 0 Å². The largest absolute Gasteiger partial charge is 0.310 e. The van der Waals surface area contributed by atoms with E-state index in [-0.39, 0.29) is 48.3 Å². The standard InChI is InChI=1S/C25H25FN4O3/c1-15-10-12-29-20(14-15)27-22(16-6-8-17(26)9-7-16)23(29)28-21(31)11-13-30-24(32)18-4-2-3-5-19(18)25(30)33/h6-10,12,14,18-19H,2-5,11,13H2,1H3,(H,28,31). The maximum Gasteiger partial charge on any atom is 0.233 e. The SMILES string of the molecule is Cc1ccn2c(NC(=O)CCN3C(=O)C4CCCCC4C3=O)c(-c3ccc(F)cc3)nc2c1. The van der Waals surface area contributed by atoms with Gasteiger partial charge in [0.1, 0.15) is 23.0 Å². The summed E-state index contributed by atoms with van der Waals surface area (Å²) in [7, 11) is 0. The third-order valence-corrected chi connectivity index (χ3v) is 6.65. The molecule has 0 radical (unpaired) electrons. The van der Waals surface area contributed by atoms with E-state index in [1.165, 1.54) is 17.0 Å². The molecule has 170 valence electrons. The van der Waals surface area contributed by atoms with Crippen molar-refractivity contribution in [1.82, 2.24) is 14.3 Å². The van der Waals surface area contributed by atoms with Crippen LogP contribution in [0.15, 0.2) is 42.6 Å². The van der Waals surface area contributed by atoms with E-state index in [2.05, 4.69) is 10.3 Å². The fourth-order valence-corrected chi connectivity index (χ4v) is 4.93. The second kappa shape index (κ2) is 8.42. The quantitative estimate of drug-likeness (QED) is 0.599. The number of nitrogens with one attached hydrogen (secondary N) is 1. The number of halogens is 1. The molecule has 2 unspecified atom stereocenters. The topological polar surface area (TPSA) is 83.8 Å². The maximum atomic E-state index is 13.4. The Labute approximate surface area is 190 Å². The van der Waals surface area contributed by atoms with Crippen LogP contribution in [0.1, 0.15) is 37.7 Å². The molecule has 1 saturated carbocycles. The molecular weight excluding hydrogens is 423 g/mol. The summed E-state index contributed by atoms with van der Waals surface area (Å²) in [5.74, 6) is -0.942. The number of fused-ring (bicyclic) bond motifs is 2. The van der Waals surface area contributed by atoms with Gasteiger partial charge in [0, 0.05) is 24.7 Å². The van der Waals surface area contributed by atoms with Gasteiger partial charge in [0.2, 0.25) is 17.7 Å². The van der Waals surface area contributed by atoms with Crippen molar-refractivity contribution in [1.29, 1.82) is 0 Å². The third-order valence-electron chi connectivity index (χ3n) is 6.65. The fraction of sp³-hybridized carbons (Fsp3) is 0.360. The average Bonchev–Trinajstić information content (AvgIpc) is 3.27. The van der Waals surface area contributed by atoms with Gasteiger partial charge in [-0.1, -0.05) is 12.8 Å². The minimum atomic E-state index is -0.357. The Morgan fingerprint density at radius 2 is 1.76 bits per heavy atom. The van der Waals surface area contributed by atoms with Gasteiger partial charge in [-0.25, -0.2) is 9.37 Å². The van der Waals surface area contributed by atoms with Gasteiger partial charge in [-0.2, -0.15) is 0 Å². The number of aryl methyl sites for hydroxylation is 1. The molecule has 3 heterocycles. The predicted octanol–water partition coefficient (Wildman–Crippen LogP) is 3.95. The summed E-state index contributed by atoms with van der Waals surface area (Å²) in [6.45, 7) is 2.02. The van der Waals surface area contributed by atoms with Crippen molar-refractivity contribution in [3.63, 3.8) is 0 Å². The van der Waals surface area contributed by atoms with Gasteiger partial charge in [0.15, 0.2) is 0 Å². The van der Waals surface area contributed by atoms with E-state index in [0.717, 1.165) is 31.2 Å². The third kappa shape index (κ3) is 3.90. The van der Waals surface area contributed by atoms with Crippen molar-refractivity contribution in [2.24, 2.45) is 11.8 Å². The number of hydrogen-bond donors (Lipinski definition) is 1. The van der Waals surface area contributed by atoms with E-state index >= 15 is 0 Å². The van der Waals surface area contributed by atoms with Crippen LogP contribution in [0.5, 0.6) is 0 Å². The number of amides is 3. The van der Waals surface area contributed by atoms with Crippen LogP contribution < -0.4 is 5.32 Å². The number of likely N-dealkylation sites (tertiary alicyclic amines) is 1. The lowest BCUT2D eigenvalue weighted by Gasteiger charge is -2.19. The number of benzene rings is 1. The number of hydrogen-bond acceptors (Lipinski definition) is 4. The van der Waals surface area contributed by atoms with Gasteiger partial charge in [0.05, 0.1) is 11.8 Å². The van der Waals surface area contributed by atoms with Gasteiger partial charge >= 0.3 is 0 Å². The highest BCUT2D eigenvalue weighted by Gasteiger charge is 2.47. The van der Waals surface area contributed by atoms with Crippen LogP contribution in [0.3, 0.4) is 0 Å². The number of nitrogens with zero attached hydrogens (tertiary/aromatic N) is 3. The molecular formula is C25H25FN4O3. The Hall–Kier alpha value is -3.55. The van der Waals surface area contributed by atoms with E-state index in [9.17, 15) is 18.8 Å². The van der Waals surface area contributed by atoms with Crippen LogP contribution in [0, 0.1) is 24.6 Å². The van der Waals surface area contributed by atoms with Crippen LogP contribution in [-0.4, -0.2) is 38.6 Å². The van der Waals surface area contributed by atoms with Crippen LogP contribution in [0.4, 0.5) is 10.2 Å². The first-order valence-corrected chi connectivity index (χ1v) is 11.3. The van der Waals surface area contributed by atoms with Crippen molar-refractivity contribution in [2.45, 2.75) is 39.0 Å². The second-order valence-electron chi connectivity index (χ2n) is 8.87. The van der Waals surface area contributed by atoms with Gasteiger partial charge in [-0.05, 0) is 61.7 Å². The summed E-state index contributed by atoms with van der Waals surface area (Å²) in [5, 5.41) is 2.90. The molecule has 1 aliphatic heterocycles. The lowest BCUT2D eigenvalue weighted by Crippen LogP contribution is -2.34. The highest BCUT2D eigenvalue weighted by Crippen LogP contribution is 2.38. The minimum absolute atomic E-state index is 0.00112. The molecule has 2 atom stereocenters. The monoisotopic (exact) mass is 448 g/mol. The van der Waals surface area contributed by atoms with Crippen molar-refractivity contribution >= 4 is 29.2 Å². The Morgan fingerprint density at radius 3 is 2.42 bits per heavy atom. The predicted molar refractivity (Wildman–Crippen MR) is 121 cm³/mol. The number of carbonyl (C=O) groups is 3. The second-order valence-corrected chi connectivity index (χ2v) is 8.87. The molecule has 2 aromatic heterocycles. The van der Waals surface area contributed by atoms with E-state index in [0.29, 0.717) is 22.7 Å². The van der Waals surface area contributed by atoms with Gasteiger partial charge in [-0.3, -0.25) is 23.7 Å². The molecule has 1 aromatic carbocycles. The van der Waals surface area contributed by atoms with E-state index in [1.807, 2.05) is 25.3 Å². The summed E-state index contributed by atoms with van der Waals surface area (Å²) in [4.78, 5) is 44.2.